The van der Waals surface area contributed by atoms with Crippen LogP contribution in [0.4, 0.5) is 0 Å². The number of rotatable bonds is 8. The highest BCUT2D eigenvalue weighted by atomic mass is 35.5. The molecule has 0 saturated carbocycles. The molecule has 0 aliphatic carbocycles. The molecule has 1 aromatic carbocycles. The number of halogens is 1. The molecule has 0 bridgehead atoms. The van der Waals surface area contributed by atoms with Crippen LogP contribution in [-0.4, -0.2) is 16.6 Å². The minimum Gasteiger partial charge on any atom is -0.503 e. The number of hydrogen-bond acceptors (Lipinski definition) is 4. The third-order valence-electron chi connectivity index (χ3n) is 4.50. The maximum absolute atomic E-state index is 10.5. The van der Waals surface area contributed by atoms with Gasteiger partial charge in [-0.15, -0.1) is 0 Å². The molecule has 0 aliphatic rings. The molecule has 0 atom stereocenters. The number of hydrogen-bond donors (Lipinski definition) is 2. The van der Waals surface area contributed by atoms with Crippen LogP contribution in [0.1, 0.15) is 43.4 Å². The molecule has 1 aromatic heterocycles. The Morgan fingerprint density at radius 3 is 2.44 bits per heavy atom. The lowest BCUT2D eigenvalue weighted by atomic mass is 10.0. The van der Waals surface area contributed by atoms with Crippen molar-refractivity contribution in [2.24, 2.45) is 5.92 Å². The van der Waals surface area contributed by atoms with E-state index in [0.717, 1.165) is 36.1 Å². The van der Waals surface area contributed by atoms with Gasteiger partial charge in [0.05, 0.1) is 0 Å². The molecule has 1 heterocycles. The van der Waals surface area contributed by atoms with Crippen molar-refractivity contribution >= 4 is 11.6 Å². The zero-order chi connectivity index (χ0) is 18.4. The van der Waals surface area contributed by atoms with Crippen LogP contribution < -0.4 is 10.1 Å². The molecule has 25 heavy (non-hydrogen) atoms. The molecule has 5 heteroatoms. The van der Waals surface area contributed by atoms with Crippen molar-refractivity contribution in [2.45, 2.75) is 47.1 Å². The molecule has 4 nitrogen and oxygen atoms in total. The highest BCUT2D eigenvalue weighted by Crippen LogP contribution is 2.35. The Kier molecular flexibility index (Phi) is 7.09. The number of aryl methyl sites for hydroxylation is 2. The third-order valence-corrected chi connectivity index (χ3v) is 4.72. The summed E-state index contributed by atoms with van der Waals surface area (Å²) in [5.74, 6) is 1.62. The van der Waals surface area contributed by atoms with Crippen LogP contribution in [0.2, 0.25) is 5.02 Å². The van der Waals surface area contributed by atoms with Gasteiger partial charge in [0.15, 0.2) is 5.75 Å². The van der Waals surface area contributed by atoms with E-state index in [1.165, 1.54) is 0 Å². The van der Waals surface area contributed by atoms with E-state index in [-0.39, 0.29) is 11.6 Å². The fourth-order valence-corrected chi connectivity index (χ4v) is 3.16. The molecular formula is C20H27ClN2O2. The summed E-state index contributed by atoms with van der Waals surface area (Å²) in [7, 11) is 0. The summed E-state index contributed by atoms with van der Waals surface area (Å²) < 4.78 is 5.89. The second kappa shape index (κ2) is 9.07. The number of benzene rings is 1. The van der Waals surface area contributed by atoms with E-state index < -0.39 is 0 Å². The normalized spacial score (nSPS) is 11.1. The topological polar surface area (TPSA) is 54.4 Å². The summed E-state index contributed by atoms with van der Waals surface area (Å²) in [6, 6.07) is 5.48. The van der Waals surface area contributed by atoms with Crippen molar-refractivity contribution in [1.82, 2.24) is 10.3 Å². The second-order valence-corrected chi connectivity index (χ2v) is 6.84. The second-order valence-electron chi connectivity index (χ2n) is 6.41. The summed E-state index contributed by atoms with van der Waals surface area (Å²) in [5, 5.41) is 14.6. The Balaban J connectivity index is 2.13. The van der Waals surface area contributed by atoms with Gasteiger partial charge in [-0.25, -0.2) is 4.98 Å². The molecule has 0 saturated heterocycles. The zero-order valence-electron chi connectivity index (χ0n) is 15.4. The van der Waals surface area contributed by atoms with Crippen molar-refractivity contribution in [3.05, 3.63) is 46.1 Å². The lowest BCUT2D eigenvalue weighted by Gasteiger charge is -2.16. The van der Waals surface area contributed by atoms with Gasteiger partial charge >= 0.3 is 0 Å². The maximum atomic E-state index is 10.5. The van der Waals surface area contributed by atoms with Crippen LogP contribution in [-0.2, 0) is 6.54 Å². The van der Waals surface area contributed by atoms with Crippen molar-refractivity contribution in [2.75, 3.05) is 6.54 Å². The van der Waals surface area contributed by atoms with Crippen LogP contribution in [0.3, 0.4) is 0 Å². The van der Waals surface area contributed by atoms with Crippen LogP contribution in [0.15, 0.2) is 24.4 Å². The molecule has 0 amide bonds. The number of pyridine rings is 1. The number of aromatic hydroxyl groups is 1. The van der Waals surface area contributed by atoms with Crippen LogP contribution in [0, 0.1) is 19.8 Å². The molecule has 2 aromatic rings. The predicted octanol–water partition coefficient (Wildman–Crippen LogP) is 5.38. The molecule has 136 valence electrons. The van der Waals surface area contributed by atoms with Gasteiger partial charge in [-0.2, -0.15) is 0 Å². The van der Waals surface area contributed by atoms with Crippen molar-refractivity contribution in [3.63, 3.8) is 0 Å². The number of ether oxygens (including phenoxy) is 1. The minimum atomic E-state index is 0.0771. The highest BCUT2D eigenvalue weighted by Gasteiger charge is 2.14. The molecule has 2 rings (SSSR count). The quantitative estimate of drug-likeness (QED) is 0.662. The standard InChI is InChI=1S/C20H27ClN2O2/c1-5-15(6-2)11-22-12-16-7-8-23-20(18(16)24)25-19-13(3)9-17(21)10-14(19)4/h7-10,15,22,24H,5-6,11-12H2,1-4H3. The van der Waals surface area contributed by atoms with E-state index in [9.17, 15) is 5.11 Å². The van der Waals surface area contributed by atoms with E-state index in [1.54, 1.807) is 6.20 Å². The zero-order valence-corrected chi connectivity index (χ0v) is 16.2. The smallest absolute Gasteiger partial charge is 0.262 e. The lowest BCUT2D eigenvalue weighted by molar-refractivity contribution is 0.386. The monoisotopic (exact) mass is 362 g/mol. The van der Waals surface area contributed by atoms with Gasteiger partial charge in [-0.1, -0.05) is 38.3 Å². The molecule has 0 spiro atoms. The van der Waals surface area contributed by atoms with Gasteiger partial charge in [0.1, 0.15) is 5.75 Å². The first-order valence-electron chi connectivity index (χ1n) is 8.78. The van der Waals surface area contributed by atoms with Crippen molar-refractivity contribution in [3.8, 4) is 17.4 Å². The highest BCUT2D eigenvalue weighted by molar-refractivity contribution is 6.30. The molecule has 0 radical (unpaired) electrons. The van der Waals surface area contributed by atoms with E-state index in [2.05, 4.69) is 24.1 Å². The Morgan fingerprint density at radius 2 is 1.84 bits per heavy atom. The Hall–Kier alpha value is -1.78. The minimum absolute atomic E-state index is 0.0771. The summed E-state index contributed by atoms with van der Waals surface area (Å²) in [5.41, 5.74) is 2.59. The van der Waals surface area contributed by atoms with Crippen molar-refractivity contribution < 1.29 is 9.84 Å². The molecular weight excluding hydrogens is 336 g/mol. The first-order chi connectivity index (χ1) is 12.0. The molecule has 0 unspecified atom stereocenters. The van der Waals surface area contributed by atoms with Gasteiger partial charge in [0.25, 0.3) is 5.88 Å². The van der Waals surface area contributed by atoms with Crippen LogP contribution in [0.5, 0.6) is 17.4 Å². The van der Waals surface area contributed by atoms with Crippen molar-refractivity contribution in [1.29, 1.82) is 0 Å². The first-order valence-corrected chi connectivity index (χ1v) is 9.16. The van der Waals surface area contributed by atoms with Crippen LogP contribution in [0.25, 0.3) is 0 Å². The molecule has 2 N–H and O–H groups in total. The van der Waals surface area contributed by atoms with Gasteiger partial charge in [0.2, 0.25) is 0 Å². The van der Waals surface area contributed by atoms with E-state index in [4.69, 9.17) is 16.3 Å². The Labute approximate surface area is 155 Å². The number of nitrogens with zero attached hydrogens (tertiary/aromatic N) is 1. The van der Waals surface area contributed by atoms with E-state index >= 15 is 0 Å². The van der Waals surface area contributed by atoms with Gasteiger partial charge in [0, 0.05) is 23.3 Å². The summed E-state index contributed by atoms with van der Waals surface area (Å²) in [4.78, 5) is 4.18. The van der Waals surface area contributed by atoms with Gasteiger partial charge in [-0.3, -0.25) is 0 Å². The van der Waals surface area contributed by atoms with E-state index in [1.807, 2.05) is 32.0 Å². The van der Waals surface area contributed by atoms with Crippen LogP contribution >= 0.6 is 11.6 Å². The van der Waals surface area contributed by atoms with Gasteiger partial charge < -0.3 is 15.2 Å². The number of aromatic nitrogens is 1. The summed E-state index contributed by atoms with van der Waals surface area (Å²) in [6.07, 6.45) is 3.95. The molecule has 0 aliphatic heterocycles. The number of nitrogens with one attached hydrogen (secondary N) is 1. The Bertz CT molecular complexity index is 692. The largest absolute Gasteiger partial charge is 0.503 e. The summed E-state index contributed by atoms with van der Waals surface area (Å²) >= 11 is 6.06. The average Bonchev–Trinajstić information content (AvgIpc) is 2.57. The third kappa shape index (κ3) is 5.10. The fraction of sp³-hybridized carbons (Fsp3) is 0.450. The Morgan fingerprint density at radius 1 is 1.20 bits per heavy atom. The SMILES string of the molecule is CCC(CC)CNCc1ccnc(Oc2c(C)cc(Cl)cc2C)c1O. The fourth-order valence-electron chi connectivity index (χ4n) is 2.83. The van der Waals surface area contributed by atoms with Gasteiger partial charge in [-0.05, 0) is 55.6 Å². The first kappa shape index (κ1) is 19.5. The summed E-state index contributed by atoms with van der Waals surface area (Å²) in [6.45, 7) is 9.75. The molecule has 0 fully saturated rings. The predicted molar refractivity (Wildman–Crippen MR) is 103 cm³/mol. The average molecular weight is 363 g/mol. The van der Waals surface area contributed by atoms with E-state index in [0.29, 0.717) is 23.2 Å². The lowest BCUT2D eigenvalue weighted by Crippen LogP contribution is -2.21. The maximum Gasteiger partial charge on any atom is 0.262 e.